The predicted molar refractivity (Wildman–Crippen MR) is 81.5 cm³/mol. The molecule has 0 fully saturated rings. The maximum absolute atomic E-state index is 12.1. The minimum absolute atomic E-state index is 0.330. The lowest BCUT2D eigenvalue weighted by molar-refractivity contribution is -0.172. The van der Waals surface area contributed by atoms with Gasteiger partial charge in [-0.15, -0.1) is 0 Å². The molecule has 2 rings (SSSR count). The molecule has 110 valence electrons. The standard InChI is InChI=1S/C16H21BrO3/c1-4-20-14(18)15(2,3)16(19)8-7-11-9-13(17)6-5-12(11)10-16/h5-6,9,19H,4,7-8,10H2,1-3H3. The highest BCUT2D eigenvalue weighted by molar-refractivity contribution is 9.10. The number of aryl methyl sites for hydroxylation is 1. The van der Waals surface area contributed by atoms with Crippen LogP contribution in [0, 0.1) is 5.41 Å². The lowest BCUT2D eigenvalue weighted by Crippen LogP contribution is -2.53. The van der Waals surface area contributed by atoms with Gasteiger partial charge in [-0.2, -0.15) is 0 Å². The fourth-order valence-corrected chi connectivity index (χ4v) is 3.19. The van der Waals surface area contributed by atoms with E-state index in [-0.39, 0.29) is 5.97 Å². The Morgan fingerprint density at radius 3 is 2.80 bits per heavy atom. The molecule has 1 aromatic carbocycles. The number of ether oxygens (including phenoxy) is 1. The molecule has 4 heteroatoms. The third kappa shape index (κ3) is 2.63. The smallest absolute Gasteiger partial charge is 0.314 e. The van der Waals surface area contributed by atoms with Crippen molar-refractivity contribution in [3.8, 4) is 0 Å². The second kappa shape index (κ2) is 5.49. The average molecular weight is 341 g/mol. The molecule has 0 radical (unpaired) electrons. The van der Waals surface area contributed by atoms with Gasteiger partial charge in [-0.3, -0.25) is 4.79 Å². The normalized spacial score (nSPS) is 22.2. The molecule has 1 aliphatic carbocycles. The number of aliphatic hydroxyl groups is 1. The highest BCUT2D eigenvalue weighted by Gasteiger charge is 2.51. The van der Waals surface area contributed by atoms with Gasteiger partial charge in [0, 0.05) is 10.9 Å². The van der Waals surface area contributed by atoms with E-state index in [2.05, 4.69) is 22.0 Å². The third-order valence-electron chi connectivity index (χ3n) is 4.41. The molecule has 1 aliphatic rings. The van der Waals surface area contributed by atoms with Crippen molar-refractivity contribution in [3.63, 3.8) is 0 Å². The Bertz CT molecular complexity index is 524. The number of carbonyl (C=O) groups excluding carboxylic acids is 1. The van der Waals surface area contributed by atoms with Crippen LogP contribution < -0.4 is 0 Å². The third-order valence-corrected chi connectivity index (χ3v) is 4.90. The molecule has 0 aromatic heterocycles. The van der Waals surface area contributed by atoms with E-state index in [0.29, 0.717) is 19.4 Å². The summed E-state index contributed by atoms with van der Waals surface area (Å²) in [7, 11) is 0. The molecule has 1 aromatic rings. The largest absolute Gasteiger partial charge is 0.465 e. The van der Waals surface area contributed by atoms with Crippen LogP contribution in [-0.4, -0.2) is 23.3 Å². The van der Waals surface area contributed by atoms with Crippen molar-refractivity contribution in [1.82, 2.24) is 0 Å². The summed E-state index contributed by atoms with van der Waals surface area (Å²) in [5.41, 5.74) is 0.386. The quantitative estimate of drug-likeness (QED) is 0.859. The van der Waals surface area contributed by atoms with E-state index in [0.717, 1.165) is 16.5 Å². The van der Waals surface area contributed by atoms with E-state index >= 15 is 0 Å². The van der Waals surface area contributed by atoms with Crippen LogP contribution >= 0.6 is 15.9 Å². The van der Waals surface area contributed by atoms with Crippen LogP contribution in [0.25, 0.3) is 0 Å². The van der Waals surface area contributed by atoms with Gasteiger partial charge in [0.05, 0.1) is 17.6 Å². The summed E-state index contributed by atoms with van der Waals surface area (Å²) < 4.78 is 6.17. The number of benzene rings is 1. The Morgan fingerprint density at radius 2 is 2.15 bits per heavy atom. The molecular formula is C16H21BrO3. The van der Waals surface area contributed by atoms with Crippen LogP contribution in [-0.2, 0) is 22.4 Å². The van der Waals surface area contributed by atoms with Gasteiger partial charge in [0.2, 0.25) is 0 Å². The van der Waals surface area contributed by atoms with Crippen molar-refractivity contribution < 1.29 is 14.6 Å². The fraction of sp³-hybridized carbons (Fsp3) is 0.562. The summed E-state index contributed by atoms with van der Waals surface area (Å²) in [6.45, 7) is 5.66. The molecule has 1 unspecified atom stereocenters. The Hall–Kier alpha value is -0.870. The van der Waals surface area contributed by atoms with E-state index in [1.165, 1.54) is 5.56 Å². The first kappa shape index (κ1) is 15.5. The molecule has 0 amide bonds. The number of hydrogen-bond donors (Lipinski definition) is 1. The molecule has 0 saturated heterocycles. The summed E-state index contributed by atoms with van der Waals surface area (Å²) in [6, 6.07) is 6.08. The Balaban J connectivity index is 2.29. The molecule has 0 spiro atoms. The summed E-state index contributed by atoms with van der Waals surface area (Å²) in [4.78, 5) is 12.1. The molecule has 0 bridgehead atoms. The number of esters is 1. The lowest BCUT2D eigenvalue weighted by Gasteiger charge is -2.43. The zero-order chi connectivity index (χ0) is 15.0. The van der Waals surface area contributed by atoms with Crippen LogP contribution in [0.5, 0.6) is 0 Å². The molecule has 20 heavy (non-hydrogen) atoms. The molecule has 0 heterocycles. The minimum atomic E-state index is -1.06. The van der Waals surface area contributed by atoms with Crippen LogP contribution in [0.15, 0.2) is 22.7 Å². The predicted octanol–water partition coefficient (Wildman–Crippen LogP) is 3.26. The maximum atomic E-state index is 12.1. The fourth-order valence-electron chi connectivity index (χ4n) is 2.78. The Morgan fingerprint density at radius 1 is 1.45 bits per heavy atom. The topological polar surface area (TPSA) is 46.5 Å². The molecule has 1 atom stereocenters. The van der Waals surface area contributed by atoms with E-state index in [4.69, 9.17) is 4.74 Å². The Kier molecular flexibility index (Phi) is 4.26. The van der Waals surface area contributed by atoms with Crippen LogP contribution in [0.4, 0.5) is 0 Å². The Labute approximate surface area is 128 Å². The van der Waals surface area contributed by atoms with Crippen molar-refractivity contribution in [2.75, 3.05) is 6.61 Å². The summed E-state index contributed by atoms with van der Waals surface area (Å²) in [5.74, 6) is -0.330. The first-order valence-corrected chi connectivity index (χ1v) is 7.76. The van der Waals surface area contributed by atoms with E-state index in [1.54, 1.807) is 20.8 Å². The zero-order valence-electron chi connectivity index (χ0n) is 12.2. The van der Waals surface area contributed by atoms with Crippen molar-refractivity contribution in [2.45, 2.75) is 45.6 Å². The highest BCUT2D eigenvalue weighted by atomic mass is 79.9. The van der Waals surface area contributed by atoms with Crippen molar-refractivity contribution in [2.24, 2.45) is 5.41 Å². The van der Waals surface area contributed by atoms with Crippen LogP contribution in [0.3, 0.4) is 0 Å². The maximum Gasteiger partial charge on any atom is 0.314 e. The second-order valence-electron chi connectivity index (χ2n) is 5.97. The number of hydrogen-bond acceptors (Lipinski definition) is 3. The molecular weight excluding hydrogens is 320 g/mol. The van der Waals surface area contributed by atoms with Gasteiger partial charge >= 0.3 is 5.97 Å². The lowest BCUT2D eigenvalue weighted by atomic mass is 9.65. The average Bonchev–Trinajstić information content (AvgIpc) is 2.39. The molecule has 0 aliphatic heterocycles. The molecule has 3 nitrogen and oxygen atoms in total. The highest BCUT2D eigenvalue weighted by Crippen LogP contribution is 2.42. The van der Waals surface area contributed by atoms with Gasteiger partial charge in [-0.25, -0.2) is 0 Å². The summed E-state index contributed by atoms with van der Waals surface area (Å²) in [6.07, 6.45) is 1.83. The van der Waals surface area contributed by atoms with Crippen molar-refractivity contribution in [1.29, 1.82) is 0 Å². The van der Waals surface area contributed by atoms with Gasteiger partial charge in [-0.05, 0) is 56.9 Å². The number of rotatable bonds is 3. The molecule has 0 saturated carbocycles. The first-order chi connectivity index (χ1) is 9.30. The monoisotopic (exact) mass is 340 g/mol. The van der Waals surface area contributed by atoms with Gasteiger partial charge in [0.15, 0.2) is 0 Å². The first-order valence-electron chi connectivity index (χ1n) is 6.97. The number of carbonyl (C=O) groups is 1. The number of halogens is 1. The minimum Gasteiger partial charge on any atom is -0.465 e. The van der Waals surface area contributed by atoms with Crippen molar-refractivity contribution in [3.05, 3.63) is 33.8 Å². The summed E-state index contributed by atoms with van der Waals surface area (Å²) in [5, 5.41) is 11.0. The van der Waals surface area contributed by atoms with Gasteiger partial charge in [-0.1, -0.05) is 22.0 Å². The van der Waals surface area contributed by atoms with E-state index in [1.807, 2.05) is 12.1 Å². The summed E-state index contributed by atoms with van der Waals surface area (Å²) >= 11 is 3.47. The van der Waals surface area contributed by atoms with E-state index < -0.39 is 11.0 Å². The van der Waals surface area contributed by atoms with Crippen molar-refractivity contribution >= 4 is 21.9 Å². The van der Waals surface area contributed by atoms with Gasteiger partial charge in [0.1, 0.15) is 0 Å². The van der Waals surface area contributed by atoms with Crippen LogP contribution in [0.2, 0.25) is 0 Å². The SMILES string of the molecule is CCOC(=O)C(C)(C)C1(O)CCc2cc(Br)ccc2C1. The molecule has 1 N–H and O–H groups in total. The van der Waals surface area contributed by atoms with Gasteiger partial charge < -0.3 is 9.84 Å². The van der Waals surface area contributed by atoms with Gasteiger partial charge in [0.25, 0.3) is 0 Å². The second-order valence-corrected chi connectivity index (χ2v) is 6.88. The number of fused-ring (bicyclic) bond motifs is 1. The zero-order valence-corrected chi connectivity index (χ0v) is 13.8. The van der Waals surface area contributed by atoms with Crippen LogP contribution in [0.1, 0.15) is 38.3 Å². The van der Waals surface area contributed by atoms with E-state index in [9.17, 15) is 9.90 Å².